The lowest BCUT2D eigenvalue weighted by Crippen LogP contribution is -2.06. The van der Waals surface area contributed by atoms with Crippen molar-refractivity contribution in [2.75, 3.05) is 5.73 Å². The monoisotopic (exact) mass is 180 g/mol. The zero-order valence-corrected chi connectivity index (χ0v) is 7.66. The molecule has 3 N–H and O–H groups in total. The number of nitrogens with zero attached hydrogens (tertiary/aromatic N) is 1. The van der Waals surface area contributed by atoms with Crippen molar-refractivity contribution in [3.63, 3.8) is 0 Å². The first-order valence-corrected chi connectivity index (χ1v) is 4.05. The number of pyridine rings is 1. The lowest BCUT2D eigenvalue weighted by molar-refractivity contribution is 0.0695. The van der Waals surface area contributed by atoms with Gasteiger partial charge in [0.1, 0.15) is 0 Å². The molecule has 0 aliphatic rings. The number of hydrogen-bond acceptors (Lipinski definition) is 3. The first kappa shape index (κ1) is 9.51. The Morgan fingerprint density at radius 1 is 1.69 bits per heavy atom. The van der Waals surface area contributed by atoms with Crippen LogP contribution in [0.2, 0.25) is 0 Å². The number of aromatic nitrogens is 1. The molecule has 0 bridgehead atoms. The fraction of sp³-hybridized carbons (Fsp3) is 0.333. The Labute approximate surface area is 76.4 Å². The van der Waals surface area contributed by atoms with Crippen molar-refractivity contribution in [2.24, 2.45) is 0 Å². The van der Waals surface area contributed by atoms with Crippen LogP contribution in [0.1, 0.15) is 28.7 Å². The molecule has 13 heavy (non-hydrogen) atoms. The lowest BCUT2D eigenvalue weighted by atomic mass is 10.1. The quantitative estimate of drug-likeness (QED) is 0.717. The van der Waals surface area contributed by atoms with E-state index in [1.54, 1.807) is 6.92 Å². The molecule has 0 aliphatic carbocycles. The van der Waals surface area contributed by atoms with Gasteiger partial charge in [-0.1, -0.05) is 6.92 Å². The van der Waals surface area contributed by atoms with Gasteiger partial charge in [0.25, 0.3) is 0 Å². The molecule has 1 heterocycles. The molecule has 70 valence electrons. The van der Waals surface area contributed by atoms with Gasteiger partial charge in [-0.15, -0.1) is 0 Å². The largest absolute Gasteiger partial charge is 0.478 e. The van der Waals surface area contributed by atoms with Crippen molar-refractivity contribution in [1.29, 1.82) is 0 Å². The molecule has 0 fully saturated rings. The van der Waals surface area contributed by atoms with Crippen LogP contribution < -0.4 is 5.73 Å². The summed E-state index contributed by atoms with van der Waals surface area (Å²) in [7, 11) is 0. The van der Waals surface area contributed by atoms with E-state index in [0.29, 0.717) is 17.8 Å². The summed E-state index contributed by atoms with van der Waals surface area (Å²) in [5.74, 6) is -0.987. The molecule has 0 amide bonds. The number of rotatable bonds is 2. The van der Waals surface area contributed by atoms with Gasteiger partial charge in [0.05, 0.1) is 22.6 Å². The van der Waals surface area contributed by atoms with Gasteiger partial charge in [0.15, 0.2) is 0 Å². The number of carboxylic acids is 1. The lowest BCUT2D eigenvalue weighted by Gasteiger charge is -2.06. The Morgan fingerprint density at radius 2 is 2.31 bits per heavy atom. The standard InChI is InChI=1S/C9H12N2O2/c1-3-8-7(10)4-6(9(12)13)5(2)11-8/h4H,3,10H2,1-2H3,(H,12,13). The van der Waals surface area contributed by atoms with Crippen LogP contribution in [0.15, 0.2) is 6.07 Å². The molecular weight excluding hydrogens is 168 g/mol. The predicted octanol–water partition coefficient (Wildman–Crippen LogP) is 1.23. The fourth-order valence-corrected chi connectivity index (χ4v) is 1.17. The van der Waals surface area contributed by atoms with E-state index in [1.807, 2.05) is 6.92 Å². The Hall–Kier alpha value is -1.58. The maximum absolute atomic E-state index is 10.7. The molecule has 1 aromatic rings. The number of hydrogen-bond donors (Lipinski definition) is 2. The number of carboxylic acid groups (broad SMARTS) is 1. The van der Waals surface area contributed by atoms with Crippen LogP contribution in [0.25, 0.3) is 0 Å². The Balaban J connectivity index is 3.28. The van der Waals surface area contributed by atoms with E-state index in [1.165, 1.54) is 6.07 Å². The third kappa shape index (κ3) is 1.77. The smallest absolute Gasteiger partial charge is 0.337 e. The topological polar surface area (TPSA) is 76.2 Å². The average molecular weight is 180 g/mol. The summed E-state index contributed by atoms with van der Waals surface area (Å²) in [5.41, 5.74) is 7.50. The van der Waals surface area contributed by atoms with Crippen LogP contribution in [-0.4, -0.2) is 16.1 Å². The maximum atomic E-state index is 10.7. The van der Waals surface area contributed by atoms with E-state index in [4.69, 9.17) is 10.8 Å². The molecule has 1 rings (SSSR count). The van der Waals surface area contributed by atoms with E-state index in [2.05, 4.69) is 4.98 Å². The highest BCUT2D eigenvalue weighted by molar-refractivity contribution is 5.89. The molecule has 4 nitrogen and oxygen atoms in total. The van der Waals surface area contributed by atoms with Crippen molar-refractivity contribution in [3.05, 3.63) is 23.0 Å². The molecule has 1 aromatic heterocycles. The van der Waals surface area contributed by atoms with Crippen molar-refractivity contribution < 1.29 is 9.90 Å². The van der Waals surface area contributed by atoms with E-state index >= 15 is 0 Å². The number of anilines is 1. The zero-order valence-electron chi connectivity index (χ0n) is 7.66. The molecule has 0 spiro atoms. The Bertz CT molecular complexity index is 348. The third-order valence-electron chi connectivity index (χ3n) is 1.89. The number of aromatic carboxylic acids is 1. The number of carbonyl (C=O) groups is 1. The Kier molecular flexibility index (Phi) is 2.51. The van der Waals surface area contributed by atoms with Crippen LogP contribution >= 0.6 is 0 Å². The molecule has 0 aliphatic heterocycles. The van der Waals surface area contributed by atoms with Crippen molar-refractivity contribution in [2.45, 2.75) is 20.3 Å². The minimum atomic E-state index is -0.987. The summed E-state index contributed by atoms with van der Waals surface area (Å²) in [6, 6.07) is 1.46. The molecule has 4 heteroatoms. The summed E-state index contributed by atoms with van der Waals surface area (Å²) in [6.45, 7) is 3.60. The number of nitrogen functional groups attached to an aromatic ring is 1. The molecular formula is C9H12N2O2. The van der Waals surface area contributed by atoms with Gasteiger partial charge in [-0.05, 0) is 19.4 Å². The summed E-state index contributed by atoms with van der Waals surface area (Å²) < 4.78 is 0. The van der Waals surface area contributed by atoms with Gasteiger partial charge in [-0.2, -0.15) is 0 Å². The zero-order chi connectivity index (χ0) is 10.0. The number of aryl methyl sites for hydroxylation is 2. The van der Waals surface area contributed by atoms with Crippen molar-refractivity contribution >= 4 is 11.7 Å². The molecule has 0 radical (unpaired) electrons. The van der Waals surface area contributed by atoms with Crippen LogP contribution in [0.3, 0.4) is 0 Å². The second-order valence-electron chi connectivity index (χ2n) is 2.82. The van der Waals surface area contributed by atoms with Crippen LogP contribution in [0.5, 0.6) is 0 Å². The first-order valence-electron chi connectivity index (χ1n) is 4.05. The summed E-state index contributed by atoms with van der Waals surface area (Å²) >= 11 is 0. The molecule has 0 atom stereocenters. The van der Waals surface area contributed by atoms with Gasteiger partial charge >= 0.3 is 5.97 Å². The van der Waals surface area contributed by atoms with Gasteiger partial charge in [-0.3, -0.25) is 4.98 Å². The highest BCUT2D eigenvalue weighted by Gasteiger charge is 2.10. The van der Waals surface area contributed by atoms with E-state index in [9.17, 15) is 4.79 Å². The summed E-state index contributed by atoms with van der Waals surface area (Å²) in [6.07, 6.45) is 0.715. The predicted molar refractivity (Wildman–Crippen MR) is 49.7 cm³/mol. The van der Waals surface area contributed by atoms with Gasteiger partial charge in [-0.25, -0.2) is 4.79 Å². The minimum Gasteiger partial charge on any atom is -0.478 e. The highest BCUT2D eigenvalue weighted by atomic mass is 16.4. The second kappa shape index (κ2) is 3.43. The SMILES string of the molecule is CCc1nc(C)c(C(=O)O)cc1N. The first-order chi connectivity index (χ1) is 6.06. The molecule has 0 aromatic carbocycles. The normalized spacial score (nSPS) is 10.0. The third-order valence-corrected chi connectivity index (χ3v) is 1.89. The molecule has 0 unspecified atom stereocenters. The van der Waals surface area contributed by atoms with Crippen molar-refractivity contribution in [3.8, 4) is 0 Å². The maximum Gasteiger partial charge on any atom is 0.337 e. The van der Waals surface area contributed by atoms with Gasteiger partial charge in [0, 0.05) is 0 Å². The van der Waals surface area contributed by atoms with E-state index in [0.717, 1.165) is 5.69 Å². The van der Waals surface area contributed by atoms with Crippen LogP contribution in [0.4, 0.5) is 5.69 Å². The second-order valence-corrected chi connectivity index (χ2v) is 2.82. The molecule has 0 saturated heterocycles. The minimum absolute atomic E-state index is 0.176. The number of nitrogens with two attached hydrogens (primary N) is 1. The molecule has 0 saturated carbocycles. The average Bonchev–Trinajstić information content (AvgIpc) is 2.07. The summed E-state index contributed by atoms with van der Waals surface area (Å²) in [4.78, 5) is 14.8. The van der Waals surface area contributed by atoms with E-state index < -0.39 is 5.97 Å². The van der Waals surface area contributed by atoms with Crippen LogP contribution in [0, 0.1) is 6.92 Å². The Morgan fingerprint density at radius 3 is 2.77 bits per heavy atom. The summed E-state index contributed by atoms with van der Waals surface area (Å²) in [5, 5.41) is 8.76. The van der Waals surface area contributed by atoms with Gasteiger partial charge < -0.3 is 10.8 Å². The van der Waals surface area contributed by atoms with Gasteiger partial charge in [0.2, 0.25) is 0 Å². The van der Waals surface area contributed by atoms with E-state index in [-0.39, 0.29) is 5.56 Å². The van der Waals surface area contributed by atoms with Crippen LogP contribution in [-0.2, 0) is 6.42 Å². The highest BCUT2D eigenvalue weighted by Crippen LogP contribution is 2.15. The fourth-order valence-electron chi connectivity index (χ4n) is 1.17. The van der Waals surface area contributed by atoms with Crippen molar-refractivity contribution in [1.82, 2.24) is 4.98 Å².